The highest BCUT2D eigenvalue weighted by atomic mass is 32.2. The zero-order valence-electron chi connectivity index (χ0n) is 20.5. The molecule has 2 heterocycles. The second kappa shape index (κ2) is 11.3. The summed E-state index contributed by atoms with van der Waals surface area (Å²) in [5, 5.41) is -0.404. The quantitative estimate of drug-likeness (QED) is 0.410. The van der Waals surface area contributed by atoms with Crippen LogP contribution in [-0.2, 0) is 10.0 Å². The van der Waals surface area contributed by atoms with E-state index in [0.29, 0.717) is 30.0 Å². The summed E-state index contributed by atoms with van der Waals surface area (Å²) in [5.74, 6) is -0.987. The van der Waals surface area contributed by atoms with Crippen molar-refractivity contribution in [1.29, 1.82) is 0 Å². The van der Waals surface area contributed by atoms with Gasteiger partial charge in [-0.15, -0.1) is 0 Å². The van der Waals surface area contributed by atoms with Gasteiger partial charge < -0.3 is 15.2 Å². The van der Waals surface area contributed by atoms with Crippen LogP contribution in [0.2, 0.25) is 0 Å². The summed E-state index contributed by atoms with van der Waals surface area (Å²) in [5.41, 5.74) is 6.18. The van der Waals surface area contributed by atoms with Crippen LogP contribution >= 0.6 is 0 Å². The maximum atomic E-state index is 14.3. The average molecular weight is 517 g/mol. The van der Waals surface area contributed by atoms with E-state index in [2.05, 4.69) is 9.97 Å². The van der Waals surface area contributed by atoms with Crippen molar-refractivity contribution in [3.8, 4) is 22.9 Å². The van der Waals surface area contributed by atoms with E-state index >= 15 is 0 Å². The molecule has 2 aromatic heterocycles. The van der Waals surface area contributed by atoms with Crippen molar-refractivity contribution in [2.45, 2.75) is 45.2 Å². The molecule has 1 atom stereocenters. The van der Waals surface area contributed by atoms with Crippen LogP contribution in [0.3, 0.4) is 0 Å². The number of halogens is 1. The molecule has 0 fully saturated rings. The van der Waals surface area contributed by atoms with Crippen LogP contribution in [0.1, 0.15) is 44.5 Å². The Balaban J connectivity index is 1.97. The lowest BCUT2D eigenvalue weighted by Crippen LogP contribution is -2.32. The molecule has 3 rings (SSSR count). The molecular formula is C25H29FN4O5S. The van der Waals surface area contributed by atoms with Crippen molar-refractivity contribution >= 4 is 21.7 Å². The fraction of sp³-hybridized carbons (Fsp3) is 0.320. The number of nitrogens with two attached hydrogens (primary N) is 1. The molecule has 1 amide bonds. The van der Waals surface area contributed by atoms with E-state index in [-0.39, 0.29) is 29.3 Å². The normalized spacial score (nSPS) is 12.3. The number of carbonyl (C=O) groups is 1. The molecule has 0 unspecified atom stereocenters. The van der Waals surface area contributed by atoms with Crippen LogP contribution in [0.15, 0.2) is 53.6 Å². The SMILES string of the molecule is CC[C@@H](C)Oc1nc(-c2cc(F)cc(OCC(C)C)c2)ccc1C(=O)NS(=O)(=O)c1cccc(N)n1. The largest absolute Gasteiger partial charge is 0.493 e. The number of nitrogens with one attached hydrogen (secondary N) is 1. The molecule has 9 nitrogen and oxygen atoms in total. The van der Waals surface area contributed by atoms with Crippen LogP contribution < -0.4 is 19.9 Å². The van der Waals surface area contributed by atoms with Crippen LogP contribution in [0.25, 0.3) is 11.3 Å². The predicted molar refractivity (Wildman–Crippen MR) is 134 cm³/mol. The minimum Gasteiger partial charge on any atom is -0.493 e. The number of aromatic nitrogens is 2. The minimum absolute atomic E-state index is 0.0102. The Hall–Kier alpha value is -3.73. The number of hydrogen-bond donors (Lipinski definition) is 2. The van der Waals surface area contributed by atoms with Crippen LogP contribution in [0, 0.1) is 11.7 Å². The maximum absolute atomic E-state index is 14.3. The summed E-state index contributed by atoms with van der Waals surface area (Å²) >= 11 is 0. The van der Waals surface area contributed by atoms with Gasteiger partial charge in [0.1, 0.15) is 22.9 Å². The summed E-state index contributed by atoms with van der Waals surface area (Å²) in [7, 11) is -4.31. The number of carbonyl (C=O) groups excluding carboxylic acids is 1. The molecule has 0 saturated carbocycles. The van der Waals surface area contributed by atoms with E-state index in [9.17, 15) is 17.6 Å². The number of benzene rings is 1. The zero-order chi connectivity index (χ0) is 26.5. The van der Waals surface area contributed by atoms with E-state index in [1.54, 1.807) is 13.0 Å². The number of anilines is 1. The molecule has 0 aliphatic carbocycles. The third-order valence-electron chi connectivity index (χ3n) is 4.99. The summed E-state index contributed by atoms with van der Waals surface area (Å²) in [4.78, 5) is 21.1. The second-order valence-electron chi connectivity index (χ2n) is 8.60. The predicted octanol–water partition coefficient (Wildman–Crippen LogP) is 4.20. The Morgan fingerprint density at radius 3 is 2.53 bits per heavy atom. The van der Waals surface area contributed by atoms with Crippen LogP contribution in [-0.4, -0.2) is 37.0 Å². The van der Waals surface area contributed by atoms with Gasteiger partial charge in [0.2, 0.25) is 5.88 Å². The van der Waals surface area contributed by atoms with E-state index in [1.165, 1.54) is 42.5 Å². The Bertz CT molecular complexity index is 1350. The molecular weight excluding hydrogens is 487 g/mol. The van der Waals surface area contributed by atoms with Gasteiger partial charge in [0, 0.05) is 11.6 Å². The maximum Gasteiger partial charge on any atom is 0.281 e. The van der Waals surface area contributed by atoms with Gasteiger partial charge in [-0.05, 0) is 55.7 Å². The molecule has 11 heteroatoms. The number of amides is 1. The van der Waals surface area contributed by atoms with Crippen molar-refractivity contribution < 1.29 is 27.1 Å². The first kappa shape index (κ1) is 26.9. The molecule has 0 bridgehead atoms. The number of pyridine rings is 2. The Labute approximate surface area is 209 Å². The molecule has 0 aliphatic rings. The van der Waals surface area contributed by atoms with Gasteiger partial charge >= 0.3 is 0 Å². The zero-order valence-corrected chi connectivity index (χ0v) is 21.3. The summed E-state index contributed by atoms with van der Waals surface area (Å²) in [6.45, 7) is 8.03. The fourth-order valence-corrected chi connectivity index (χ4v) is 3.95. The molecule has 0 aliphatic heterocycles. The first-order chi connectivity index (χ1) is 17.0. The third kappa shape index (κ3) is 6.91. The first-order valence-corrected chi connectivity index (χ1v) is 12.9. The molecule has 3 aromatic rings. The van der Waals surface area contributed by atoms with E-state index in [1.807, 2.05) is 25.5 Å². The lowest BCUT2D eigenvalue weighted by Gasteiger charge is -2.16. The lowest BCUT2D eigenvalue weighted by molar-refractivity contribution is 0.0973. The fourth-order valence-electron chi connectivity index (χ4n) is 3.00. The summed E-state index contributed by atoms with van der Waals surface area (Å²) in [6.07, 6.45) is 0.273. The minimum atomic E-state index is -4.31. The van der Waals surface area contributed by atoms with Gasteiger partial charge in [-0.2, -0.15) is 8.42 Å². The van der Waals surface area contributed by atoms with Gasteiger partial charge in [0.05, 0.1) is 18.4 Å². The lowest BCUT2D eigenvalue weighted by atomic mass is 10.1. The Morgan fingerprint density at radius 1 is 1.11 bits per heavy atom. The highest BCUT2D eigenvalue weighted by Gasteiger charge is 2.24. The van der Waals surface area contributed by atoms with Crippen molar-refractivity contribution in [1.82, 2.24) is 14.7 Å². The highest BCUT2D eigenvalue weighted by molar-refractivity contribution is 7.90. The van der Waals surface area contributed by atoms with Gasteiger partial charge in [-0.1, -0.05) is 26.8 Å². The Morgan fingerprint density at radius 2 is 1.86 bits per heavy atom. The van der Waals surface area contributed by atoms with Crippen molar-refractivity contribution in [3.05, 3.63) is 59.9 Å². The molecule has 0 saturated heterocycles. The molecule has 1 aromatic carbocycles. The molecule has 0 radical (unpaired) electrons. The van der Waals surface area contributed by atoms with Gasteiger partial charge in [0.25, 0.3) is 15.9 Å². The monoisotopic (exact) mass is 516 g/mol. The van der Waals surface area contributed by atoms with Gasteiger partial charge in [-0.25, -0.2) is 19.1 Å². The highest BCUT2D eigenvalue weighted by Crippen LogP contribution is 2.29. The topological polar surface area (TPSA) is 134 Å². The van der Waals surface area contributed by atoms with Crippen molar-refractivity contribution in [2.75, 3.05) is 12.3 Å². The summed E-state index contributed by atoms with van der Waals surface area (Å²) in [6, 6.07) is 11.1. The number of sulfonamides is 1. The van der Waals surface area contributed by atoms with E-state index in [0.717, 1.165) is 0 Å². The van der Waals surface area contributed by atoms with Crippen molar-refractivity contribution in [3.63, 3.8) is 0 Å². The van der Waals surface area contributed by atoms with E-state index in [4.69, 9.17) is 15.2 Å². The van der Waals surface area contributed by atoms with Gasteiger partial charge in [-0.3, -0.25) is 4.79 Å². The third-order valence-corrected chi connectivity index (χ3v) is 6.22. The second-order valence-corrected chi connectivity index (χ2v) is 10.2. The first-order valence-electron chi connectivity index (χ1n) is 11.4. The average Bonchev–Trinajstić information content (AvgIpc) is 2.82. The Kier molecular flexibility index (Phi) is 8.46. The number of hydrogen-bond acceptors (Lipinski definition) is 8. The number of ether oxygens (including phenoxy) is 2. The number of nitrogens with zero attached hydrogens (tertiary/aromatic N) is 2. The van der Waals surface area contributed by atoms with Crippen LogP contribution in [0.5, 0.6) is 11.6 Å². The number of rotatable bonds is 10. The molecule has 192 valence electrons. The number of nitrogen functional groups attached to an aromatic ring is 1. The van der Waals surface area contributed by atoms with Crippen molar-refractivity contribution in [2.24, 2.45) is 5.92 Å². The molecule has 36 heavy (non-hydrogen) atoms. The standard InChI is InChI=1S/C25H29FN4O5S/c1-5-16(4)35-25-20(24(31)30-36(32,33)23-8-6-7-22(27)29-23)9-10-21(28-25)17-11-18(26)13-19(12-17)34-14-15(2)3/h6-13,15-16H,5,14H2,1-4H3,(H2,27,29)(H,30,31)/t16-/m1/s1. The molecule has 3 N–H and O–H groups in total. The van der Waals surface area contributed by atoms with Gasteiger partial charge in [0.15, 0.2) is 5.03 Å². The summed E-state index contributed by atoms with van der Waals surface area (Å²) < 4.78 is 53.1. The smallest absolute Gasteiger partial charge is 0.281 e. The molecule has 0 spiro atoms. The van der Waals surface area contributed by atoms with Crippen LogP contribution in [0.4, 0.5) is 10.2 Å². The van der Waals surface area contributed by atoms with E-state index < -0.39 is 26.8 Å².